The number of benzene rings is 7. The highest BCUT2D eigenvalue weighted by Gasteiger charge is 2.17. The van der Waals surface area contributed by atoms with Gasteiger partial charge in [0.05, 0.1) is 11.6 Å². The lowest BCUT2D eigenvalue weighted by Gasteiger charge is -2.18. The number of rotatable bonds is 3. The van der Waals surface area contributed by atoms with E-state index in [9.17, 15) is 5.26 Å². The SMILES string of the molecule is N#Cc1ccc2sc3ccc(-c4ccc5c(-c6ccccc6)c6ccccc6c(-c6ccccc6)c5c4)cc3c2c1. The van der Waals surface area contributed by atoms with Crippen molar-refractivity contribution in [3.8, 4) is 39.4 Å². The van der Waals surface area contributed by atoms with E-state index in [1.807, 2.05) is 12.1 Å². The smallest absolute Gasteiger partial charge is 0.0991 e. The Morgan fingerprint density at radius 2 is 0.878 bits per heavy atom. The fourth-order valence-electron chi connectivity index (χ4n) is 6.22. The zero-order valence-electron chi connectivity index (χ0n) is 22.1. The summed E-state index contributed by atoms with van der Waals surface area (Å²) in [6, 6.07) is 52.2. The van der Waals surface area contributed by atoms with Crippen LogP contribution in [0.1, 0.15) is 5.56 Å². The van der Waals surface area contributed by atoms with E-state index in [-0.39, 0.29) is 0 Å². The number of hydrogen-bond donors (Lipinski definition) is 0. The number of nitrogens with zero attached hydrogens (tertiary/aromatic N) is 1. The Morgan fingerprint density at radius 3 is 1.51 bits per heavy atom. The summed E-state index contributed by atoms with van der Waals surface area (Å²) in [5.41, 5.74) is 8.02. The van der Waals surface area contributed by atoms with E-state index in [0.29, 0.717) is 5.56 Å². The summed E-state index contributed by atoms with van der Waals surface area (Å²) in [6.45, 7) is 0. The Balaban J connectivity index is 1.45. The van der Waals surface area contributed by atoms with Crippen molar-refractivity contribution in [2.45, 2.75) is 0 Å². The first kappa shape index (κ1) is 23.6. The van der Waals surface area contributed by atoms with Crippen LogP contribution in [0.4, 0.5) is 0 Å². The van der Waals surface area contributed by atoms with Gasteiger partial charge in [0.15, 0.2) is 0 Å². The van der Waals surface area contributed by atoms with Gasteiger partial charge in [-0.05, 0) is 91.3 Å². The van der Waals surface area contributed by atoms with Crippen molar-refractivity contribution < 1.29 is 0 Å². The molecule has 0 aliphatic heterocycles. The molecule has 0 unspecified atom stereocenters. The summed E-state index contributed by atoms with van der Waals surface area (Å²) < 4.78 is 2.45. The van der Waals surface area contributed by atoms with Gasteiger partial charge in [-0.3, -0.25) is 0 Å². The highest BCUT2D eigenvalue weighted by molar-refractivity contribution is 7.25. The molecule has 8 aromatic rings. The van der Waals surface area contributed by atoms with Crippen molar-refractivity contribution in [3.63, 3.8) is 0 Å². The predicted octanol–water partition coefficient (Wildman–Crippen LogP) is 11.2. The van der Waals surface area contributed by atoms with Gasteiger partial charge in [0.25, 0.3) is 0 Å². The number of fused-ring (bicyclic) bond motifs is 5. The van der Waals surface area contributed by atoms with Gasteiger partial charge in [-0.25, -0.2) is 0 Å². The fourth-order valence-corrected chi connectivity index (χ4v) is 7.28. The molecule has 2 heteroatoms. The summed E-state index contributed by atoms with van der Waals surface area (Å²) in [7, 11) is 0. The molecule has 7 aromatic carbocycles. The zero-order valence-corrected chi connectivity index (χ0v) is 23.0. The highest BCUT2D eigenvalue weighted by Crippen LogP contribution is 2.45. The Kier molecular flexibility index (Phi) is 5.45. The Labute approximate surface area is 242 Å². The molecule has 0 amide bonds. The lowest BCUT2D eigenvalue weighted by molar-refractivity contribution is 1.50. The van der Waals surface area contributed by atoms with Gasteiger partial charge in [-0.1, -0.05) is 103 Å². The Bertz CT molecular complexity index is 2310. The van der Waals surface area contributed by atoms with Crippen molar-refractivity contribution in [1.29, 1.82) is 5.26 Å². The molecule has 0 saturated carbocycles. The van der Waals surface area contributed by atoms with E-state index in [1.165, 1.54) is 69.7 Å². The molecular weight excluding hydrogens is 515 g/mol. The topological polar surface area (TPSA) is 23.8 Å². The fraction of sp³-hybridized carbons (Fsp3) is 0. The third-order valence-corrected chi connectivity index (χ3v) is 9.23. The van der Waals surface area contributed by atoms with Gasteiger partial charge in [0, 0.05) is 20.2 Å². The van der Waals surface area contributed by atoms with Crippen molar-refractivity contribution >= 4 is 53.1 Å². The maximum atomic E-state index is 9.49. The van der Waals surface area contributed by atoms with Crippen LogP contribution in [-0.4, -0.2) is 0 Å². The van der Waals surface area contributed by atoms with Crippen LogP contribution >= 0.6 is 11.3 Å². The number of thiophene rings is 1. The van der Waals surface area contributed by atoms with Crippen LogP contribution in [0.2, 0.25) is 0 Å². The first-order valence-electron chi connectivity index (χ1n) is 13.7. The minimum absolute atomic E-state index is 0.695. The first-order chi connectivity index (χ1) is 20.3. The van der Waals surface area contributed by atoms with Crippen molar-refractivity contribution in [1.82, 2.24) is 0 Å². The molecule has 0 bridgehead atoms. The lowest BCUT2D eigenvalue weighted by Crippen LogP contribution is -1.91. The highest BCUT2D eigenvalue weighted by atomic mass is 32.1. The summed E-state index contributed by atoms with van der Waals surface area (Å²) in [5.74, 6) is 0. The molecule has 8 rings (SSSR count). The standard InChI is InChI=1S/C39H23NS/c40-24-25-15-19-36-33(21-25)34-22-29(17-20-37(34)41-36)28-16-18-32-35(23-28)39(27-11-5-2-6-12-27)31-14-8-7-13-30(31)38(32)26-9-3-1-4-10-26/h1-23H. The molecule has 0 spiro atoms. The second-order valence-electron chi connectivity index (χ2n) is 10.4. The third kappa shape index (κ3) is 3.83. The average Bonchev–Trinajstić information content (AvgIpc) is 3.41. The maximum Gasteiger partial charge on any atom is 0.0991 e. The van der Waals surface area contributed by atoms with E-state index in [1.54, 1.807) is 11.3 Å². The van der Waals surface area contributed by atoms with Crippen LogP contribution in [0.15, 0.2) is 140 Å². The third-order valence-electron chi connectivity index (χ3n) is 8.08. The maximum absolute atomic E-state index is 9.49. The lowest BCUT2D eigenvalue weighted by atomic mass is 9.85. The summed E-state index contributed by atoms with van der Waals surface area (Å²) in [6.07, 6.45) is 0. The van der Waals surface area contributed by atoms with Crippen molar-refractivity contribution in [3.05, 3.63) is 145 Å². The van der Waals surface area contributed by atoms with Gasteiger partial charge in [0.1, 0.15) is 0 Å². The Morgan fingerprint density at radius 1 is 0.390 bits per heavy atom. The largest absolute Gasteiger partial charge is 0.192 e. The quantitative estimate of drug-likeness (QED) is 0.206. The molecule has 1 aromatic heterocycles. The second-order valence-corrected chi connectivity index (χ2v) is 11.5. The van der Waals surface area contributed by atoms with E-state index in [0.717, 1.165) is 5.39 Å². The van der Waals surface area contributed by atoms with Gasteiger partial charge in [0.2, 0.25) is 0 Å². The van der Waals surface area contributed by atoms with Crippen LogP contribution in [0, 0.1) is 11.3 Å². The molecule has 1 nitrogen and oxygen atoms in total. The average molecular weight is 538 g/mol. The van der Waals surface area contributed by atoms with E-state index in [2.05, 4.69) is 133 Å². The molecule has 0 saturated heterocycles. The summed E-state index contributed by atoms with van der Waals surface area (Å²) in [5, 5.41) is 16.8. The molecule has 0 N–H and O–H groups in total. The van der Waals surface area contributed by atoms with E-state index >= 15 is 0 Å². The Hall–Kier alpha value is -5.23. The molecule has 0 aliphatic rings. The van der Waals surface area contributed by atoms with Gasteiger partial charge >= 0.3 is 0 Å². The van der Waals surface area contributed by atoms with Crippen LogP contribution < -0.4 is 0 Å². The minimum Gasteiger partial charge on any atom is -0.192 e. The summed E-state index contributed by atoms with van der Waals surface area (Å²) in [4.78, 5) is 0. The van der Waals surface area contributed by atoms with Crippen LogP contribution in [0.25, 0.3) is 75.1 Å². The minimum atomic E-state index is 0.695. The molecule has 0 aliphatic carbocycles. The molecule has 0 atom stereocenters. The normalized spacial score (nSPS) is 11.4. The number of hydrogen-bond acceptors (Lipinski definition) is 2. The molecule has 41 heavy (non-hydrogen) atoms. The summed E-state index contributed by atoms with van der Waals surface area (Å²) >= 11 is 1.78. The molecular formula is C39H23NS. The van der Waals surface area contributed by atoms with E-state index < -0.39 is 0 Å². The molecule has 0 radical (unpaired) electrons. The predicted molar refractivity (Wildman–Crippen MR) is 175 cm³/mol. The molecule has 190 valence electrons. The van der Waals surface area contributed by atoms with Crippen LogP contribution in [0.3, 0.4) is 0 Å². The zero-order chi connectivity index (χ0) is 27.3. The van der Waals surface area contributed by atoms with Gasteiger partial charge in [-0.15, -0.1) is 11.3 Å². The van der Waals surface area contributed by atoms with Crippen molar-refractivity contribution in [2.24, 2.45) is 0 Å². The molecule has 1 heterocycles. The number of nitriles is 1. The monoisotopic (exact) mass is 537 g/mol. The van der Waals surface area contributed by atoms with E-state index in [4.69, 9.17) is 0 Å². The van der Waals surface area contributed by atoms with Gasteiger partial charge < -0.3 is 0 Å². The first-order valence-corrected chi connectivity index (χ1v) is 14.6. The molecule has 0 fully saturated rings. The van der Waals surface area contributed by atoms with Crippen molar-refractivity contribution in [2.75, 3.05) is 0 Å². The van der Waals surface area contributed by atoms with Crippen LogP contribution in [0.5, 0.6) is 0 Å². The second kappa shape index (κ2) is 9.45. The van der Waals surface area contributed by atoms with Gasteiger partial charge in [-0.2, -0.15) is 5.26 Å². The van der Waals surface area contributed by atoms with Crippen LogP contribution in [-0.2, 0) is 0 Å².